The Balaban J connectivity index is 2.21. The third-order valence-corrected chi connectivity index (χ3v) is 3.08. The summed E-state index contributed by atoms with van der Waals surface area (Å²) in [6.07, 6.45) is 4.48. The highest BCUT2D eigenvalue weighted by molar-refractivity contribution is 5.24. The molecule has 1 unspecified atom stereocenters. The van der Waals surface area contributed by atoms with Gasteiger partial charge in [0.1, 0.15) is 5.82 Å². The van der Waals surface area contributed by atoms with Crippen molar-refractivity contribution < 1.29 is 4.39 Å². The molecule has 1 aromatic heterocycles. The summed E-state index contributed by atoms with van der Waals surface area (Å²) in [5, 5.41) is 3.43. The maximum absolute atomic E-state index is 13.2. The second-order valence-corrected chi connectivity index (χ2v) is 4.74. The Kier molecular flexibility index (Phi) is 4.63. The number of aryl methyl sites for hydroxylation is 1. The van der Waals surface area contributed by atoms with Crippen molar-refractivity contribution in [2.75, 3.05) is 6.54 Å². The second-order valence-electron chi connectivity index (χ2n) is 4.74. The average molecular weight is 258 g/mol. The van der Waals surface area contributed by atoms with Crippen molar-refractivity contribution in [3.8, 4) is 0 Å². The van der Waals surface area contributed by atoms with E-state index in [9.17, 15) is 4.39 Å². The van der Waals surface area contributed by atoms with E-state index in [1.165, 1.54) is 6.07 Å². The minimum atomic E-state index is -0.185. The van der Waals surface area contributed by atoms with Gasteiger partial charge in [0.2, 0.25) is 0 Å². The average Bonchev–Trinajstić information content (AvgIpc) is 2.38. The number of halogens is 1. The van der Waals surface area contributed by atoms with Crippen LogP contribution in [0.4, 0.5) is 4.39 Å². The quantitative estimate of drug-likeness (QED) is 0.888. The molecule has 1 aromatic carbocycles. The van der Waals surface area contributed by atoms with Gasteiger partial charge in [0, 0.05) is 18.4 Å². The van der Waals surface area contributed by atoms with E-state index in [1.807, 2.05) is 25.4 Å². The minimum Gasteiger partial charge on any atom is -0.310 e. The maximum Gasteiger partial charge on any atom is 0.123 e. The van der Waals surface area contributed by atoms with Crippen molar-refractivity contribution in [3.63, 3.8) is 0 Å². The van der Waals surface area contributed by atoms with E-state index in [1.54, 1.807) is 12.1 Å². The molecule has 0 fully saturated rings. The van der Waals surface area contributed by atoms with Crippen LogP contribution >= 0.6 is 0 Å². The zero-order valence-electron chi connectivity index (χ0n) is 11.4. The molecule has 2 rings (SSSR count). The molecule has 0 aliphatic rings. The molecule has 0 radical (unpaired) electrons. The van der Waals surface area contributed by atoms with Crippen LogP contribution in [0.5, 0.6) is 0 Å². The van der Waals surface area contributed by atoms with Crippen molar-refractivity contribution in [1.82, 2.24) is 10.3 Å². The van der Waals surface area contributed by atoms with Crippen LogP contribution in [0.15, 0.2) is 42.7 Å². The summed E-state index contributed by atoms with van der Waals surface area (Å²) in [4.78, 5) is 4.23. The fraction of sp³-hybridized carbons (Fsp3) is 0.312. The molecule has 0 spiro atoms. The Labute approximate surface area is 113 Å². The first kappa shape index (κ1) is 13.7. The lowest BCUT2D eigenvalue weighted by atomic mass is 9.99. The van der Waals surface area contributed by atoms with E-state index >= 15 is 0 Å². The largest absolute Gasteiger partial charge is 0.310 e. The first-order chi connectivity index (χ1) is 9.19. The van der Waals surface area contributed by atoms with Crippen molar-refractivity contribution in [2.24, 2.45) is 0 Å². The van der Waals surface area contributed by atoms with Crippen molar-refractivity contribution in [1.29, 1.82) is 0 Å². The van der Waals surface area contributed by atoms with E-state index in [-0.39, 0.29) is 11.9 Å². The van der Waals surface area contributed by atoms with Gasteiger partial charge in [-0.1, -0.05) is 25.1 Å². The van der Waals surface area contributed by atoms with Crippen LogP contribution in [0.1, 0.15) is 29.7 Å². The van der Waals surface area contributed by atoms with Crippen LogP contribution in [0.25, 0.3) is 0 Å². The zero-order chi connectivity index (χ0) is 13.7. The normalized spacial score (nSPS) is 12.4. The molecule has 0 saturated carbocycles. The third-order valence-electron chi connectivity index (χ3n) is 3.08. The molecule has 1 atom stereocenters. The molecule has 19 heavy (non-hydrogen) atoms. The SMILES string of the molecule is CCNC(Cc1cccc(F)c1)c1cncc(C)c1. The van der Waals surface area contributed by atoms with Gasteiger partial charge in [-0.3, -0.25) is 4.98 Å². The third kappa shape index (κ3) is 3.86. The zero-order valence-corrected chi connectivity index (χ0v) is 11.4. The van der Waals surface area contributed by atoms with Crippen LogP contribution in [-0.4, -0.2) is 11.5 Å². The molecular formula is C16H19FN2. The van der Waals surface area contributed by atoms with Crippen molar-refractivity contribution >= 4 is 0 Å². The number of hydrogen-bond acceptors (Lipinski definition) is 2. The van der Waals surface area contributed by atoms with Crippen molar-refractivity contribution in [3.05, 3.63) is 65.2 Å². The highest BCUT2D eigenvalue weighted by Crippen LogP contribution is 2.19. The molecule has 0 saturated heterocycles. The van der Waals surface area contributed by atoms with Gasteiger partial charge in [-0.25, -0.2) is 4.39 Å². The molecule has 0 amide bonds. The van der Waals surface area contributed by atoms with E-state index in [0.29, 0.717) is 0 Å². The number of pyridine rings is 1. The molecule has 3 heteroatoms. The lowest BCUT2D eigenvalue weighted by molar-refractivity contribution is 0.545. The molecule has 0 bridgehead atoms. The fourth-order valence-corrected chi connectivity index (χ4v) is 2.22. The Hall–Kier alpha value is -1.74. The second kappa shape index (κ2) is 6.43. The highest BCUT2D eigenvalue weighted by atomic mass is 19.1. The number of benzene rings is 1. The van der Waals surface area contributed by atoms with Gasteiger partial charge < -0.3 is 5.32 Å². The van der Waals surface area contributed by atoms with Crippen molar-refractivity contribution in [2.45, 2.75) is 26.3 Å². The lowest BCUT2D eigenvalue weighted by Crippen LogP contribution is -2.23. The summed E-state index contributed by atoms with van der Waals surface area (Å²) < 4.78 is 13.2. The molecule has 0 aliphatic carbocycles. The summed E-state index contributed by atoms with van der Waals surface area (Å²) in [6.45, 7) is 4.97. The maximum atomic E-state index is 13.2. The smallest absolute Gasteiger partial charge is 0.123 e. The number of likely N-dealkylation sites (N-methyl/N-ethyl adjacent to an activating group) is 1. The topological polar surface area (TPSA) is 24.9 Å². The van der Waals surface area contributed by atoms with Gasteiger partial charge in [-0.05, 0) is 48.7 Å². The number of rotatable bonds is 5. The molecule has 0 aliphatic heterocycles. The van der Waals surface area contributed by atoms with Crippen LogP contribution < -0.4 is 5.32 Å². The Morgan fingerprint density at radius 3 is 2.79 bits per heavy atom. The monoisotopic (exact) mass is 258 g/mol. The van der Waals surface area contributed by atoms with E-state index in [4.69, 9.17) is 0 Å². The standard InChI is InChI=1S/C16H19FN2/c1-3-19-16(14-7-12(2)10-18-11-14)9-13-5-4-6-15(17)8-13/h4-8,10-11,16,19H,3,9H2,1-2H3. The molecule has 2 nitrogen and oxygen atoms in total. The summed E-state index contributed by atoms with van der Waals surface area (Å²) in [5.41, 5.74) is 3.28. The number of hydrogen-bond donors (Lipinski definition) is 1. The van der Waals surface area contributed by atoms with E-state index < -0.39 is 0 Å². The Morgan fingerprint density at radius 2 is 2.11 bits per heavy atom. The fourth-order valence-electron chi connectivity index (χ4n) is 2.22. The van der Waals surface area contributed by atoms with Gasteiger partial charge in [0.05, 0.1) is 0 Å². The van der Waals surface area contributed by atoms with Crippen LogP contribution in [0, 0.1) is 12.7 Å². The lowest BCUT2D eigenvalue weighted by Gasteiger charge is -2.18. The Bertz CT molecular complexity index is 540. The number of aromatic nitrogens is 1. The summed E-state index contributed by atoms with van der Waals surface area (Å²) in [5.74, 6) is -0.185. The van der Waals surface area contributed by atoms with Gasteiger partial charge in [-0.2, -0.15) is 0 Å². The predicted octanol–water partition coefficient (Wildman–Crippen LogP) is 3.42. The molecular weight excluding hydrogens is 239 g/mol. The summed E-state index contributed by atoms with van der Waals surface area (Å²) in [6, 6.07) is 9.06. The van der Waals surface area contributed by atoms with E-state index in [0.717, 1.165) is 29.7 Å². The molecule has 1 N–H and O–H groups in total. The van der Waals surface area contributed by atoms with Crippen LogP contribution in [0.2, 0.25) is 0 Å². The van der Waals surface area contributed by atoms with Gasteiger partial charge in [0.15, 0.2) is 0 Å². The van der Waals surface area contributed by atoms with Gasteiger partial charge in [0.25, 0.3) is 0 Å². The summed E-state index contributed by atoms with van der Waals surface area (Å²) >= 11 is 0. The van der Waals surface area contributed by atoms with Crippen LogP contribution in [-0.2, 0) is 6.42 Å². The first-order valence-electron chi connectivity index (χ1n) is 6.58. The van der Waals surface area contributed by atoms with E-state index in [2.05, 4.69) is 23.3 Å². The summed E-state index contributed by atoms with van der Waals surface area (Å²) in [7, 11) is 0. The number of nitrogens with zero attached hydrogens (tertiary/aromatic N) is 1. The van der Waals surface area contributed by atoms with Gasteiger partial charge in [-0.15, -0.1) is 0 Å². The predicted molar refractivity (Wildman–Crippen MR) is 75.5 cm³/mol. The van der Waals surface area contributed by atoms with Crippen LogP contribution in [0.3, 0.4) is 0 Å². The molecule has 1 heterocycles. The number of nitrogens with one attached hydrogen (secondary N) is 1. The minimum absolute atomic E-state index is 0.166. The Morgan fingerprint density at radius 1 is 1.26 bits per heavy atom. The first-order valence-corrected chi connectivity index (χ1v) is 6.58. The van der Waals surface area contributed by atoms with Gasteiger partial charge >= 0.3 is 0 Å². The molecule has 2 aromatic rings. The highest BCUT2D eigenvalue weighted by Gasteiger charge is 2.12. The molecule has 100 valence electrons.